The van der Waals surface area contributed by atoms with E-state index in [1.807, 2.05) is 56.5 Å². The smallest absolute Gasteiger partial charge is 0.220 e. The van der Waals surface area contributed by atoms with Gasteiger partial charge in [-0.2, -0.15) is 0 Å². The fourth-order valence-electron chi connectivity index (χ4n) is 3.45. The average Bonchev–Trinajstić information content (AvgIpc) is 2.65. The van der Waals surface area contributed by atoms with Crippen molar-refractivity contribution in [3.8, 4) is 0 Å². The quantitative estimate of drug-likeness (QED) is 0.654. The van der Waals surface area contributed by atoms with Gasteiger partial charge in [-0.3, -0.25) is 0 Å². The Kier molecular flexibility index (Phi) is 6.93. The van der Waals surface area contributed by atoms with Crippen LogP contribution in [0.1, 0.15) is 25.0 Å². The largest absolute Gasteiger partial charge is 0.470 e. The molecule has 5 heteroatoms. The Morgan fingerprint density at radius 2 is 1.37 bits per heavy atom. The summed E-state index contributed by atoms with van der Waals surface area (Å²) in [5, 5.41) is 0. The lowest BCUT2D eigenvalue weighted by Gasteiger charge is -2.45. The molecule has 0 aromatic heterocycles. The highest BCUT2D eigenvalue weighted by Crippen LogP contribution is 2.33. The van der Waals surface area contributed by atoms with Crippen LogP contribution in [-0.2, 0) is 27.1 Å². The molecule has 0 bridgehead atoms. The van der Waals surface area contributed by atoms with Crippen molar-refractivity contribution in [1.29, 1.82) is 0 Å². The molecule has 1 heterocycles. The lowest BCUT2D eigenvalue weighted by Crippen LogP contribution is -2.57. The van der Waals surface area contributed by atoms with E-state index in [2.05, 4.69) is 24.3 Å². The van der Waals surface area contributed by atoms with Crippen molar-refractivity contribution in [3.63, 3.8) is 0 Å². The van der Waals surface area contributed by atoms with Crippen molar-refractivity contribution in [2.75, 3.05) is 6.26 Å². The highest BCUT2D eigenvalue weighted by Gasteiger charge is 2.45. The molecule has 2 atom stereocenters. The first-order chi connectivity index (χ1) is 13.0. The Bertz CT molecular complexity index is 680. The lowest BCUT2D eigenvalue weighted by atomic mass is 9.94. The normalized spacial score (nSPS) is 24.3. The zero-order valence-electron chi connectivity index (χ0n) is 16.0. The second-order valence-electron chi connectivity index (χ2n) is 7.13. The molecule has 2 aromatic rings. The summed E-state index contributed by atoms with van der Waals surface area (Å²) >= 11 is 6.79. The van der Waals surface area contributed by atoms with Crippen LogP contribution in [0.3, 0.4) is 0 Å². The van der Waals surface area contributed by atoms with E-state index >= 15 is 0 Å². The van der Waals surface area contributed by atoms with E-state index in [0.29, 0.717) is 4.38 Å². The molecule has 0 saturated carbocycles. The molecule has 1 fully saturated rings. The lowest BCUT2D eigenvalue weighted by molar-refractivity contribution is -0.328. The number of hydrogen-bond donors (Lipinski definition) is 0. The van der Waals surface area contributed by atoms with E-state index in [1.165, 1.54) is 22.9 Å². The molecule has 0 N–H and O–H groups in total. The second-order valence-corrected chi connectivity index (χ2v) is 8.54. The number of benzene rings is 2. The predicted octanol–water partition coefficient (Wildman–Crippen LogP) is 5.03. The summed E-state index contributed by atoms with van der Waals surface area (Å²) in [6.45, 7) is 3.93. The molecular weight excluding hydrogens is 376 g/mol. The number of rotatable bonds is 5. The Labute approximate surface area is 171 Å². The van der Waals surface area contributed by atoms with Crippen molar-refractivity contribution >= 4 is 28.4 Å². The first-order valence-electron chi connectivity index (χ1n) is 9.15. The van der Waals surface area contributed by atoms with Gasteiger partial charge in [0.15, 0.2) is 11.9 Å². The van der Waals surface area contributed by atoms with Crippen LogP contribution in [0.4, 0.5) is 0 Å². The maximum absolute atomic E-state index is 6.29. The third-order valence-corrected chi connectivity index (χ3v) is 5.59. The molecule has 0 spiro atoms. The van der Waals surface area contributed by atoms with Gasteiger partial charge in [0.05, 0.1) is 0 Å². The third kappa shape index (κ3) is 5.79. The number of ether oxygens (including phenoxy) is 3. The van der Waals surface area contributed by atoms with E-state index in [4.69, 9.17) is 26.4 Å². The third-order valence-electron chi connectivity index (χ3n) is 4.56. The maximum atomic E-state index is 6.29. The van der Waals surface area contributed by atoms with Crippen LogP contribution in [0.15, 0.2) is 60.7 Å². The van der Waals surface area contributed by atoms with Crippen LogP contribution in [0.25, 0.3) is 0 Å². The van der Waals surface area contributed by atoms with Crippen molar-refractivity contribution in [3.05, 3.63) is 71.8 Å². The molecule has 1 aliphatic heterocycles. The fraction of sp³-hybridized carbons (Fsp3) is 0.409. The monoisotopic (exact) mass is 402 g/mol. The van der Waals surface area contributed by atoms with Crippen LogP contribution >= 0.6 is 24.0 Å². The van der Waals surface area contributed by atoms with E-state index in [-0.39, 0.29) is 18.3 Å². The summed E-state index contributed by atoms with van der Waals surface area (Å²) in [6.07, 6.45) is 2.87. The Morgan fingerprint density at radius 1 is 0.926 bits per heavy atom. The number of hydrogen-bond acceptors (Lipinski definition) is 5. The molecule has 3 rings (SSSR count). The van der Waals surface area contributed by atoms with Gasteiger partial charge in [0.1, 0.15) is 12.2 Å². The highest BCUT2D eigenvalue weighted by molar-refractivity contribution is 8.22. The average molecular weight is 403 g/mol. The van der Waals surface area contributed by atoms with Crippen LogP contribution < -0.4 is 0 Å². The van der Waals surface area contributed by atoms with Crippen molar-refractivity contribution < 1.29 is 14.2 Å². The minimum atomic E-state index is -0.681. The molecule has 0 radical (unpaired) electrons. The van der Waals surface area contributed by atoms with Crippen molar-refractivity contribution in [2.45, 2.75) is 50.8 Å². The molecule has 0 aliphatic carbocycles. The number of thiocarbonyl (C=S) groups is 1. The van der Waals surface area contributed by atoms with Gasteiger partial charge in [0.2, 0.25) is 4.38 Å². The molecule has 3 nitrogen and oxygen atoms in total. The zero-order chi connectivity index (χ0) is 19.3. The molecule has 1 aliphatic rings. The van der Waals surface area contributed by atoms with E-state index < -0.39 is 5.79 Å². The van der Waals surface area contributed by atoms with Gasteiger partial charge < -0.3 is 14.2 Å². The van der Waals surface area contributed by atoms with Gasteiger partial charge in [0.25, 0.3) is 0 Å². The minimum Gasteiger partial charge on any atom is -0.470 e. The van der Waals surface area contributed by atoms with Gasteiger partial charge >= 0.3 is 0 Å². The Morgan fingerprint density at radius 3 is 1.78 bits per heavy atom. The summed E-state index contributed by atoms with van der Waals surface area (Å²) in [6, 6.07) is 20.7. The topological polar surface area (TPSA) is 27.7 Å². The molecule has 0 unspecified atom stereocenters. The highest BCUT2D eigenvalue weighted by atomic mass is 32.2. The molecular formula is C22H26O3S2. The predicted molar refractivity (Wildman–Crippen MR) is 115 cm³/mol. The van der Waals surface area contributed by atoms with Gasteiger partial charge in [-0.05, 0) is 43.4 Å². The van der Waals surface area contributed by atoms with Crippen molar-refractivity contribution in [1.82, 2.24) is 0 Å². The Hall–Kier alpha value is -1.40. The van der Waals surface area contributed by atoms with Crippen LogP contribution in [0.2, 0.25) is 0 Å². The molecule has 144 valence electrons. The van der Waals surface area contributed by atoms with Gasteiger partial charge in [-0.25, -0.2) is 0 Å². The molecule has 2 aromatic carbocycles. The standard InChI is InChI=1S/C22H26O3S2/c1-22(2)24-18(14-16-10-6-4-7-11-16)20(23-21(26)27-3)19(25-22)15-17-12-8-5-9-13-17/h4-13,18-20H,14-15H2,1-3H3/t18-,19-/m0/s1. The zero-order valence-corrected chi connectivity index (χ0v) is 17.6. The molecule has 1 saturated heterocycles. The van der Waals surface area contributed by atoms with Crippen molar-refractivity contribution in [2.24, 2.45) is 0 Å². The van der Waals surface area contributed by atoms with E-state index in [9.17, 15) is 0 Å². The second kappa shape index (κ2) is 9.20. The molecule has 27 heavy (non-hydrogen) atoms. The van der Waals surface area contributed by atoms with Crippen LogP contribution in [0.5, 0.6) is 0 Å². The van der Waals surface area contributed by atoms with Gasteiger partial charge in [-0.15, -0.1) is 0 Å². The first-order valence-corrected chi connectivity index (χ1v) is 10.8. The van der Waals surface area contributed by atoms with Gasteiger partial charge in [0, 0.05) is 12.8 Å². The summed E-state index contributed by atoms with van der Waals surface area (Å²) < 4.78 is 19.2. The van der Waals surface area contributed by atoms with Crippen LogP contribution in [-0.4, -0.2) is 34.7 Å². The summed E-state index contributed by atoms with van der Waals surface area (Å²) in [4.78, 5) is 0. The first kappa shape index (κ1) is 20.3. The molecule has 0 amide bonds. The van der Waals surface area contributed by atoms with Crippen LogP contribution in [0, 0.1) is 0 Å². The van der Waals surface area contributed by atoms with E-state index in [1.54, 1.807) is 0 Å². The van der Waals surface area contributed by atoms with Gasteiger partial charge in [-0.1, -0.05) is 72.4 Å². The Balaban J connectivity index is 1.86. The van der Waals surface area contributed by atoms with E-state index in [0.717, 1.165) is 12.8 Å². The maximum Gasteiger partial charge on any atom is 0.220 e. The minimum absolute atomic E-state index is 0.144. The summed E-state index contributed by atoms with van der Waals surface area (Å²) in [5.41, 5.74) is 2.42. The SMILES string of the molecule is CSC(=S)OC1[C@H](Cc2ccccc2)OC(C)(C)O[C@H]1Cc1ccccc1. The fourth-order valence-corrected chi connectivity index (χ4v) is 3.77. The number of thioether (sulfide) groups is 1. The summed E-state index contributed by atoms with van der Waals surface area (Å²) in [7, 11) is 0. The summed E-state index contributed by atoms with van der Waals surface area (Å²) in [5.74, 6) is -0.681.